The average molecular weight is 260 g/mol. The van der Waals surface area contributed by atoms with Crippen LogP contribution in [0, 0.1) is 24.6 Å². The van der Waals surface area contributed by atoms with E-state index in [1.165, 1.54) is 18.9 Å². The Bertz CT molecular complexity index is 572. The van der Waals surface area contributed by atoms with Crippen molar-refractivity contribution in [2.45, 2.75) is 32.2 Å². The maximum absolute atomic E-state index is 13.6. The van der Waals surface area contributed by atoms with E-state index in [-0.39, 0.29) is 17.8 Å². The number of fused-ring (bicyclic) bond motifs is 5. The van der Waals surface area contributed by atoms with Gasteiger partial charge < -0.3 is 10.2 Å². The van der Waals surface area contributed by atoms with Crippen molar-refractivity contribution in [3.63, 3.8) is 0 Å². The molecule has 1 saturated heterocycles. The van der Waals surface area contributed by atoms with Gasteiger partial charge in [-0.15, -0.1) is 0 Å². The summed E-state index contributed by atoms with van der Waals surface area (Å²) >= 11 is 0. The number of halogens is 1. The first kappa shape index (κ1) is 11.3. The van der Waals surface area contributed by atoms with Gasteiger partial charge in [0.2, 0.25) is 5.91 Å². The van der Waals surface area contributed by atoms with Crippen molar-refractivity contribution in [2.24, 2.45) is 11.8 Å². The molecule has 3 atom stereocenters. The number of nitrogens with one attached hydrogen (secondary N) is 1. The number of hydrogen-bond donors (Lipinski definition) is 1. The van der Waals surface area contributed by atoms with E-state index in [9.17, 15) is 9.18 Å². The summed E-state index contributed by atoms with van der Waals surface area (Å²) in [6.45, 7) is 2.72. The molecule has 1 aliphatic carbocycles. The smallest absolute Gasteiger partial charge is 0.247 e. The van der Waals surface area contributed by atoms with E-state index in [1.807, 2.05) is 6.07 Å². The predicted octanol–water partition coefficient (Wildman–Crippen LogP) is 2.69. The molecular formula is C15H17FN2O. The summed E-state index contributed by atoms with van der Waals surface area (Å²) in [7, 11) is 0. The standard InChI is InChI=1S/C15H17FN2O/c1-8-5-13-12(6-11(8)16)17-15(19)14-10-4-2-3-9(10)7-18(13)14/h5-6,9-10,14H,2-4,7H2,1H3,(H,17,19). The van der Waals surface area contributed by atoms with E-state index in [0.29, 0.717) is 23.1 Å². The summed E-state index contributed by atoms with van der Waals surface area (Å²) in [5, 5.41) is 2.89. The van der Waals surface area contributed by atoms with E-state index in [0.717, 1.165) is 18.7 Å². The summed E-state index contributed by atoms with van der Waals surface area (Å²) in [5.41, 5.74) is 2.27. The van der Waals surface area contributed by atoms with Crippen molar-refractivity contribution < 1.29 is 9.18 Å². The van der Waals surface area contributed by atoms with Gasteiger partial charge in [0.25, 0.3) is 0 Å². The summed E-state index contributed by atoms with van der Waals surface area (Å²) < 4.78 is 13.6. The summed E-state index contributed by atoms with van der Waals surface area (Å²) in [6, 6.07) is 3.29. The second kappa shape index (κ2) is 3.71. The monoisotopic (exact) mass is 260 g/mol. The molecule has 0 bridgehead atoms. The van der Waals surface area contributed by atoms with Crippen LogP contribution in [0.25, 0.3) is 0 Å². The third-order valence-corrected chi connectivity index (χ3v) is 5.00. The fourth-order valence-corrected chi connectivity index (χ4v) is 4.10. The first-order valence-corrected chi connectivity index (χ1v) is 7.03. The number of rotatable bonds is 0. The number of anilines is 2. The highest BCUT2D eigenvalue weighted by atomic mass is 19.1. The average Bonchev–Trinajstić information content (AvgIpc) is 2.91. The van der Waals surface area contributed by atoms with Gasteiger partial charge in [-0.1, -0.05) is 6.42 Å². The maximum Gasteiger partial charge on any atom is 0.247 e. The number of hydrogen-bond acceptors (Lipinski definition) is 2. The Kier molecular flexibility index (Phi) is 2.20. The molecule has 1 saturated carbocycles. The fourth-order valence-electron chi connectivity index (χ4n) is 4.10. The molecule has 3 unspecified atom stereocenters. The zero-order valence-corrected chi connectivity index (χ0v) is 10.9. The van der Waals surface area contributed by atoms with Crippen LogP contribution < -0.4 is 10.2 Å². The van der Waals surface area contributed by atoms with Crippen LogP contribution in [0.1, 0.15) is 24.8 Å². The lowest BCUT2D eigenvalue weighted by Gasteiger charge is -2.35. The molecule has 0 aromatic heterocycles. The van der Waals surface area contributed by atoms with Crippen molar-refractivity contribution in [1.29, 1.82) is 0 Å². The van der Waals surface area contributed by atoms with Gasteiger partial charge in [0.15, 0.2) is 0 Å². The Balaban J connectivity index is 1.82. The number of carbonyl (C=O) groups excluding carboxylic acids is 1. The Hall–Kier alpha value is -1.58. The zero-order valence-electron chi connectivity index (χ0n) is 10.9. The molecule has 2 aliphatic heterocycles. The third-order valence-electron chi connectivity index (χ3n) is 5.00. The largest absolute Gasteiger partial charge is 0.357 e. The molecule has 0 spiro atoms. The first-order chi connectivity index (χ1) is 9.15. The summed E-state index contributed by atoms with van der Waals surface area (Å²) in [5.74, 6) is 0.910. The Morgan fingerprint density at radius 2 is 2.21 bits per heavy atom. The number of benzene rings is 1. The van der Waals surface area contributed by atoms with Crippen LogP contribution in [0.4, 0.5) is 15.8 Å². The van der Waals surface area contributed by atoms with Crippen LogP contribution in [-0.2, 0) is 4.79 Å². The molecule has 19 heavy (non-hydrogen) atoms. The van der Waals surface area contributed by atoms with Crippen molar-refractivity contribution in [1.82, 2.24) is 0 Å². The second-order valence-corrected chi connectivity index (χ2v) is 6.06. The highest BCUT2D eigenvalue weighted by molar-refractivity contribution is 6.04. The zero-order chi connectivity index (χ0) is 13.1. The lowest BCUT2D eigenvalue weighted by atomic mass is 9.92. The Morgan fingerprint density at radius 1 is 1.37 bits per heavy atom. The molecule has 3 nitrogen and oxygen atoms in total. The normalized spacial score (nSPS) is 31.8. The first-order valence-electron chi connectivity index (χ1n) is 7.03. The van der Waals surface area contributed by atoms with Crippen LogP contribution in [0.2, 0.25) is 0 Å². The molecule has 1 aromatic carbocycles. The predicted molar refractivity (Wildman–Crippen MR) is 71.7 cm³/mol. The van der Waals surface area contributed by atoms with Crippen LogP contribution in [0.5, 0.6) is 0 Å². The minimum atomic E-state index is -0.253. The van der Waals surface area contributed by atoms with Crippen LogP contribution in [-0.4, -0.2) is 18.5 Å². The quantitative estimate of drug-likeness (QED) is 0.778. The molecular weight excluding hydrogens is 243 g/mol. The number of nitrogens with zero attached hydrogens (tertiary/aromatic N) is 1. The molecule has 2 fully saturated rings. The van der Waals surface area contributed by atoms with Crippen molar-refractivity contribution >= 4 is 17.3 Å². The molecule has 4 rings (SSSR count). The molecule has 1 N–H and O–H groups in total. The second-order valence-electron chi connectivity index (χ2n) is 6.06. The molecule has 1 aromatic rings. The number of amides is 1. The molecule has 3 aliphatic rings. The van der Waals surface area contributed by atoms with Gasteiger partial charge in [0.05, 0.1) is 11.4 Å². The van der Waals surface area contributed by atoms with Gasteiger partial charge in [-0.3, -0.25) is 4.79 Å². The van der Waals surface area contributed by atoms with E-state index < -0.39 is 0 Å². The third kappa shape index (κ3) is 1.46. The summed E-state index contributed by atoms with van der Waals surface area (Å²) in [6.07, 6.45) is 3.61. The topological polar surface area (TPSA) is 32.3 Å². The Morgan fingerprint density at radius 3 is 3.05 bits per heavy atom. The molecule has 100 valence electrons. The van der Waals surface area contributed by atoms with E-state index in [4.69, 9.17) is 0 Å². The highest BCUT2D eigenvalue weighted by Gasteiger charge is 2.50. The highest BCUT2D eigenvalue weighted by Crippen LogP contribution is 2.48. The maximum atomic E-state index is 13.6. The minimum absolute atomic E-state index is 0.0372. The van der Waals surface area contributed by atoms with Gasteiger partial charge in [0.1, 0.15) is 11.9 Å². The SMILES string of the molecule is Cc1cc2c(cc1F)NC(=O)C1C3CCCC3CN21. The van der Waals surface area contributed by atoms with E-state index in [1.54, 1.807) is 6.92 Å². The minimum Gasteiger partial charge on any atom is -0.357 e. The van der Waals surface area contributed by atoms with E-state index in [2.05, 4.69) is 10.2 Å². The number of carbonyl (C=O) groups is 1. The van der Waals surface area contributed by atoms with Crippen LogP contribution >= 0.6 is 0 Å². The van der Waals surface area contributed by atoms with Gasteiger partial charge in [-0.2, -0.15) is 0 Å². The van der Waals surface area contributed by atoms with Crippen molar-refractivity contribution in [2.75, 3.05) is 16.8 Å². The van der Waals surface area contributed by atoms with Crippen LogP contribution in [0.15, 0.2) is 12.1 Å². The lowest BCUT2D eigenvalue weighted by molar-refractivity contribution is -0.118. The molecule has 0 radical (unpaired) electrons. The Labute approximate surface area is 111 Å². The number of aryl methyl sites for hydroxylation is 1. The summed E-state index contributed by atoms with van der Waals surface area (Å²) in [4.78, 5) is 14.5. The van der Waals surface area contributed by atoms with Crippen molar-refractivity contribution in [3.8, 4) is 0 Å². The molecule has 2 heterocycles. The van der Waals surface area contributed by atoms with Crippen LogP contribution in [0.3, 0.4) is 0 Å². The fraction of sp³-hybridized carbons (Fsp3) is 0.533. The van der Waals surface area contributed by atoms with Gasteiger partial charge in [-0.05, 0) is 49.3 Å². The van der Waals surface area contributed by atoms with E-state index >= 15 is 0 Å². The molecule has 4 heteroatoms. The molecule has 1 amide bonds. The van der Waals surface area contributed by atoms with Crippen molar-refractivity contribution in [3.05, 3.63) is 23.5 Å². The van der Waals surface area contributed by atoms with Gasteiger partial charge in [0, 0.05) is 6.54 Å². The lowest BCUT2D eigenvalue weighted by Crippen LogP contribution is -2.46. The van der Waals surface area contributed by atoms with Gasteiger partial charge >= 0.3 is 0 Å². The van der Waals surface area contributed by atoms with Gasteiger partial charge in [-0.25, -0.2) is 4.39 Å².